The van der Waals surface area contributed by atoms with Crippen molar-refractivity contribution in [2.24, 2.45) is 34.5 Å². The minimum Gasteiger partial charge on any atom is -0.396 e. The molecule has 4 rings (SSSR count). The van der Waals surface area contributed by atoms with Gasteiger partial charge in [-0.05, 0) is 130 Å². The molecule has 0 bridgehead atoms. The summed E-state index contributed by atoms with van der Waals surface area (Å²) in [4.78, 5) is 26.3. The predicted molar refractivity (Wildman–Crippen MR) is 248 cm³/mol. The molecule has 0 saturated carbocycles. The number of rotatable bonds is 21. The molecular weight excluding hydrogens is 737 g/mol. The van der Waals surface area contributed by atoms with Crippen molar-refractivity contribution in [2.75, 3.05) is 19.8 Å². The highest BCUT2D eigenvalue weighted by Gasteiger charge is 2.37. The van der Waals surface area contributed by atoms with Gasteiger partial charge in [0, 0.05) is 43.1 Å². The minimum absolute atomic E-state index is 0.0556. The Morgan fingerprint density at radius 3 is 1.86 bits per heavy atom. The van der Waals surface area contributed by atoms with Crippen LogP contribution in [0.25, 0.3) is 0 Å². The van der Waals surface area contributed by atoms with E-state index in [1.54, 1.807) is 11.8 Å². The van der Waals surface area contributed by atoms with Crippen molar-refractivity contribution in [3.8, 4) is 0 Å². The number of hydrogen-bond acceptors (Lipinski definition) is 6. The highest BCUT2D eigenvalue weighted by molar-refractivity contribution is 8.03. The lowest BCUT2D eigenvalue weighted by Gasteiger charge is -2.41. The van der Waals surface area contributed by atoms with Gasteiger partial charge in [-0.3, -0.25) is 9.59 Å². The van der Waals surface area contributed by atoms with Gasteiger partial charge in [0.25, 0.3) is 0 Å². The lowest BCUT2D eigenvalue weighted by atomic mass is 9.65. The molecule has 0 saturated heterocycles. The van der Waals surface area contributed by atoms with Gasteiger partial charge in [-0.15, -0.1) is 0 Å². The molecule has 1 aromatic carbocycles. The van der Waals surface area contributed by atoms with E-state index in [1.807, 2.05) is 39.0 Å². The van der Waals surface area contributed by atoms with E-state index in [1.165, 1.54) is 79.6 Å². The number of ketones is 2. The van der Waals surface area contributed by atoms with Crippen LogP contribution >= 0.6 is 11.8 Å². The summed E-state index contributed by atoms with van der Waals surface area (Å²) in [5.41, 5.74) is 4.35. The molecule has 6 heteroatoms. The van der Waals surface area contributed by atoms with Crippen molar-refractivity contribution in [3.63, 3.8) is 0 Å². The first-order valence-corrected chi connectivity index (χ1v) is 23.8. The zero-order valence-electron chi connectivity index (χ0n) is 38.2. The molecule has 3 N–H and O–H groups in total. The van der Waals surface area contributed by atoms with Crippen LogP contribution in [0.4, 0.5) is 0 Å². The Bertz CT molecular complexity index is 1480. The smallest absolute Gasteiger partial charge is 0.159 e. The Morgan fingerprint density at radius 2 is 1.29 bits per heavy atom. The Labute approximate surface area is 359 Å². The third-order valence-corrected chi connectivity index (χ3v) is 15.0. The molecule has 0 aliphatic heterocycles. The number of carbonyl (C=O) groups is 2. The second-order valence-electron chi connectivity index (χ2n) is 18.6. The Balaban J connectivity index is 0.000000301. The van der Waals surface area contributed by atoms with Crippen molar-refractivity contribution in [1.82, 2.24) is 0 Å². The van der Waals surface area contributed by atoms with Crippen molar-refractivity contribution < 1.29 is 24.9 Å². The summed E-state index contributed by atoms with van der Waals surface area (Å²) in [6, 6.07) is 10.2. The van der Waals surface area contributed by atoms with E-state index >= 15 is 0 Å². The van der Waals surface area contributed by atoms with Gasteiger partial charge < -0.3 is 15.3 Å². The van der Waals surface area contributed by atoms with Crippen molar-refractivity contribution >= 4 is 23.3 Å². The van der Waals surface area contributed by atoms with Crippen LogP contribution in [0.1, 0.15) is 177 Å². The number of allylic oxidation sites excluding steroid dienone is 7. The fourth-order valence-corrected chi connectivity index (χ4v) is 9.92. The molecule has 3 aliphatic carbocycles. The van der Waals surface area contributed by atoms with E-state index in [0.717, 1.165) is 61.7 Å². The topological polar surface area (TPSA) is 94.8 Å². The SMILES string of the molecule is C=C(C)[C@H]1CC(=O)C(C)=C(Sc2ccccc2)C1.CCCCCC(C)(CO)[C@@H]1CC=C(C)C(CCO)C1.CCCCCCCCCC(C)(CO)[C@@H]1CC=C(C)C(=O)C1. The number of carbonyl (C=O) groups excluding carboxylic acids is 2. The number of aliphatic hydroxyl groups excluding tert-OH is 3. The van der Waals surface area contributed by atoms with E-state index in [9.17, 15) is 24.9 Å². The first-order chi connectivity index (χ1) is 27.7. The number of hydrogen-bond donors (Lipinski definition) is 3. The highest BCUT2D eigenvalue weighted by Crippen LogP contribution is 2.44. The van der Waals surface area contributed by atoms with Crippen LogP contribution in [0.2, 0.25) is 0 Å². The average Bonchev–Trinajstić information content (AvgIpc) is 3.21. The maximum absolute atomic E-state index is 12.0. The summed E-state index contributed by atoms with van der Waals surface area (Å²) in [6.07, 6.45) is 25.6. The number of thioether (sulfide) groups is 1. The largest absolute Gasteiger partial charge is 0.396 e. The molecule has 0 amide bonds. The van der Waals surface area contributed by atoms with Crippen LogP contribution in [0.3, 0.4) is 0 Å². The second kappa shape index (κ2) is 27.6. The molecule has 3 aliphatic rings. The van der Waals surface area contributed by atoms with E-state index in [2.05, 4.69) is 65.5 Å². The molecule has 6 atom stereocenters. The van der Waals surface area contributed by atoms with E-state index in [4.69, 9.17) is 0 Å². The minimum atomic E-state index is -0.0870. The molecule has 1 aromatic rings. The van der Waals surface area contributed by atoms with Crippen molar-refractivity contribution in [3.05, 3.63) is 76.3 Å². The van der Waals surface area contributed by atoms with Crippen LogP contribution in [0.15, 0.2) is 81.2 Å². The van der Waals surface area contributed by atoms with Crippen LogP contribution in [0, 0.1) is 34.5 Å². The summed E-state index contributed by atoms with van der Waals surface area (Å²) in [6.45, 7) is 21.7. The molecule has 0 radical (unpaired) electrons. The predicted octanol–water partition coefficient (Wildman–Crippen LogP) is 13.6. The van der Waals surface area contributed by atoms with Gasteiger partial charge in [0.15, 0.2) is 11.6 Å². The summed E-state index contributed by atoms with van der Waals surface area (Å²) in [7, 11) is 0. The highest BCUT2D eigenvalue weighted by atomic mass is 32.2. The normalized spacial score (nSPS) is 23.0. The zero-order chi connectivity index (χ0) is 43.1. The third-order valence-electron chi connectivity index (χ3n) is 13.8. The third kappa shape index (κ3) is 17.4. The molecule has 0 spiro atoms. The quantitative estimate of drug-likeness (QED) is 0.0844. The number of benzene rings is 1. The molecule has 328 valence electrons. The van der Waals surface area contributed by atoms with Gasteiger partial charge in [-0.25, -0.2) is 0 Å². The Morgan fingerprint density at radius 1 is 0.741 bits per heavy atom. The van der Waals surface area contributed by atoms with Crippen LogP contribution in [0.5, 0.6) is 0 Å². The van der Waals surface area contributed by atoms with Gasteiger partial charge in [0.1, 0.15) is 0 Å². The second-order valence-corrected chi connectivity index (χ2v) is 19.7. The number of unbranched alkanes of at least 4 members (excludes halogenated alkanes) is 8. The van der Waals surface area contributed by atoms with Crippen molar-refractivity contribution in [1.29, 1.82) is 0 Å². The number of Topliss-reactive ketones (excluding diaryl/α,β-unsaturated/α-hetero) is 2. The summed E-state index contributed by atoms with van der Waals surface area (Å²) < 4.78 is 0. The molecule has 5 nitrogen and oxygen atoms in total. The first-order valence-electron chi connectivity index (χ1n) is 23.0. The molecule has 3 unspecified atom stereocenters. The fraction of sp³-hybridized carbons (Fsp3) is 0.692. The summed E-state index contributed by atoms with van der Waals surface area (Å²) >= 11 is 1.72. The van der Waals surface area contributed by atoms with Crippen LogP contribution in [-0.2, 0) is 9.59 Å². The number of aliphatic hydroxyl groups is 3. The molecule has 0 fully saturated rings. The van der Waals surface area contributed by atoms with E-state index < -0.39 is 0 Å². The molecule has 0 heterocycles. The van der Waals surface area contributed by atoms with Crippen LogP contribution < -0.4 is 0 Å². The van der Waals surface area contributed by atoms with Gasteiger partial charge in [-0.2, -0.15) is 0 Å². The molecule has 0 aromatic heterocycles. The Kier molecular flexibility index (Phi) is 24.7. The first kappa shape index (κ1) is 51.9. The van der Waals surface area contributed by atoms with E-state index in [0.29, 0.717) is 43.1 Å². The molecular formula is C52H84O5S. The molecule has 58 heavy (non-hydrogen) atoms. The Hall–Kier alpha value is -2.25. The van der Waals surface area contributed by atoms with E-state index in [-0.39, 0.29) is 35.6 Å². The van der Waals surface area contributed by atoms with Crippen LogP contribution in [-0.4, -0.2) is 46.7 Å². The standard InChI is InChI=1S/C19H34O2.C17H32O2.C16H18OS/c1-4-5-6-7-8-9-10-13-19(3,15-20)17-12-11-16(2)18(21)14-17;1-4-5-6-10-17(3,13-19)16-8-7-14(2)15(12-16)9-11-18;1-11(2)13-9-15(17)12(3)16(10-13)18-14-7-5-4-6-8-14/h11,17,20H,4-10,12-15H2,1-3H3;7,15-16,18-19H,4-6,8-13H2,1-3H3;4-8,13H,1,9-10H2,2-3H3/t17-,19?;15?,16-,17?;13-/m110/s1. The maximum Gasteiger partial charge on any atom is 0.159 e. The monoisotopic (exact) mass is 821 g/mol. The summed E-state index contributed by atoms with van der Waals surface area (Å²) in [5.74, 6) is 2.25. The lowest BCUT2D eigenvalue weighted by Crippen LogP contribution is -2.34. The lowest BCUT2D eigenvalue weighted by molar-refractivity contribution is -0.118. The maximum atomic E-state index is 12.0. The van der Waals surface area contributed by atoms with Gasteiger partial charge >= 0.3 is 0 Å². The van der Waals surface area contributed by atoms with Crippen molar-refractivity contribution in [2.45, 2.75) is 182 Å². The summed E-state index contributed by atoms with van der Waals surface area (Å²) in [5, 5.41) is 28.9. The average molecular weight is 821 g/mol. The zero-order valence-corrected chi connectivity index (χ0v) is 39.0. The van der Waals surface area contributed by atoms with Gasteiger partial charge in [-0.1, -0.05) is 152 Å². The van der Waals surface area contributed by atoms with Gasteiger partial charge in [0.05, 0.1) is 0 Å². The fourth-order valence-electron chi connectivity index (χ4n) is 8.79. The van der Waals surface area contributed by atoms with Gasteiger partial charge in [0.2, 0.25) is 0 Å².